The van der Waals surface area contributed by atoms with Crippen molar-refractivity contribution in [2.75, 3.05) is 5.33 Å². The number of alkyl halides is 1. The van der Waals surface area contributed by atoms with Crippen molar-refractivity contribution in [3.8, 4) is 0 Å². The fourth-order valence-corrected chi connectivity index (χ4v) is 2.76. The molecule has 1 heteroatoms. The molecule has 0 saturated heterocycles. The van der Waals surface area contributed by atoms with E-state index in [-0.39, 0.29) is 0 Å². The minimum Gasteiger partial charge on any atom is -0.0922 e. The summed E-state index contributed by atoms with van der Waals surface area (Å²) in [7, 11) is 0. The van der Waals surface area contributed by atoms with Gasteiger partial charge in [0.05, 0.1) is 0 Å². The zero-order chi connectivity index (χ0) is 7.07. The molecular weight excluding hydrogens is 176 g/mol. The van der Waals surface area contributed by atoms with Crippen LogP contribution in [-0.4, -0.2) is 5.33 Å². The van der Waals surface area contributed by atoms with Gasteiger partial charge in [-0.15, -0.1) is 0 Å². The summed E-state index contributed by atoms with van der Waals surface area (Å²) in [5.74, 6) is 1.85. The van der Waals surface area contributed by atoms with Crippen LogP contribution >= 0.6 is 15.9 Å². The Balaban J connectivity index is 2.55. The molecule has 1 fully saturated rings. The van der Waals surface area contributed by atoms with Gasteiger partial charge in [0.15, 0.2) is 0 Å². The molecule has 2 atom stereocenters. The molecule has 0 amide bonds. The van der Waals surface area contributed by atoms with E-state index in [1.54, 1.807) is 0 Å². The highest BCUT2D eigenvalue weighted by molar-refractivity contribution is 9.09. The maximum Gasteiger partial charge on any atom is 0.00904 e. The maximum atomic E-state index is 3.56. The molecule has 9 heavy (non-hydrogen) atoms. The molecule has 54 valence electrons. The predicted molar refractivity (Wildman–Crippen MR) is 44.8 cm³/mol. The van der Waals surface area contributed by atoms with E-state index in [1.807, 2.05) is 0 Å². The van der Waals surface area contributed by atoms with E-state index in [2.05, 4.69) is 36.7 Å². The van der Waals surface area contributed by atoms with Crippen molar-refractivity contribution in [3.05, 3.63) is 0 Å². The van der Waals surface area contributed by atoms with E-state index >= 15 is 0 Å². The van der Waals surface area contributed by atoms with Crippen LogP contribution in [0.1, 0.15) is 27.2 Å². The molecule has 0 N–H and O–H groups in total. The van der Waals surface area contributed by atoms with E-state index in [0.29, 0.717) is 5.41 Å². The third kappa shape index (κ3) is 0.938. The molecule has 0 aromatic heterocycles. The average molecular weight is 191 g/mol. The summed E-state index contributed by atoms with van der Waals surface area (Å²) in [6, 6.07) is 0. The average Bonchev–Trinajstić information content (AvgIpc) is 1.87. The van der Waals surface area contributed by atoms with Crippen molar-refractivity contribution < 1.29 is 0 Å². The van der Waals surface area contributed by atoms with E-state index in [4.69, 9.17) is 0 Å². The Bertz CT molecular complexity index is 101. The first-order valence-electron chi connectivity index (χ1n) is 3.67. The minimum absolute atomic E-state index is 0.597. The Hall–Kier alpha value is 0.480. The van der Waals surface area contributed by atoms with Gasteiger partial charge in [-0.05, 0) is 23.7 Å². The molecular formula is C8H15Br. The lowest BCUT2D eigenvalue weighted by Crippen LogP contribution is -2.45. The molecule has 2 unspecified atom stereocenters. The molecule has 0 aromatic rings. The van der Waals surface area contributed by atoms with Gasteiger partial charge >= 0.3 is 0 Å². The van der Waals surface area contributed by atoms with E-state index in [9.17, 15) is 0 Å². The van der Waals surface area contributed by atoms with Crippen molar-refractivity contribution in [2.24, 2.45) is 17.3 Å². The van der Waals surface area contributed by atoms with Gasteiger partial charge in [0.1, 0.15) is 0 Å². The summed E-state index contributed by atoms with van der Waals surface area (Å²) in [5, 5.41) is 1.17. The molecule has 0 bridgehead atoms. The Morgan fingerprint density at radius 2 is 1.89 bits per heavy atom. The largest absolute Gasteiger partial charge is 0.0922 e. The van der Waals surface area contributed by atoms with Crippen LogP contribution in [0.15, 0.2) is 0 Å². The Morgan fingerprint density at radius 3 is 2.00 bits per heavy atom. The molecule has 1 aliphatic rings. The van der Waals surface area contributed by atoms with Crippen molar-refractivity contribution in [1.82, 2.24) is 0 Å². The smallest absolute Gasteiger partial charge is 0.00904 e. The van der Waals surface area contributed by atoms with Gasteiger partial charge in [-0.25, -0.2) is 0 Å². The summed E-state index contributed by atoms with van der Waals surface area (Å²) in [6.07, 6.45) is 1.42. The zero-order valence-electron chi connectivity index (χ0n) is 6.45. The molecule has 0 nitrogen and oxygen atoms in total. The molecule has 0 spiro atoms. The number of rotatable bonds is 1. The minimum atomic E-state index is 0.597. The summed E-state index contributed by atoms with van der Waals surface area (Å²) in [5.41, 5.74) is 0.597. The van der Waals surface area contributed by atoms with Crippen LogP contribution in [0.3, 0.4) is 0 Å². The lowest BCUT2D eigenvalue weighted by molar-refractivity contribution is 0.0120. The fourth-order valence-electron chi connectivity index (χ4n) is 1.66. The highest BCUT2D eigenvalue weighted by Crippen LogP contribution is 2.51. The second kappa shape index (κ2) is 2.26. The number of hydrogen-bond donors (Lipinski definition) is 0. The topological polar surface area (TPSA) is 0 Å². The Kier molecular flexibility index (Phi) is 1.91. The van der Waals surface area contributed by atoms with Crippen molar-refractivity contribution in [2.45, 2.75) is 27.2 Å². The molecule has 0 aromatic carbocycles. The lowest BCUT2D eigenvalue weighted by Gasteiger charge is -2.50. The molecule has 0 heterocycles. The number of hydrogen-bond acceptors (Lipinski definition) is 0. The van der Waals surface area contributed by atoms with Gasteiger partial charge in [-0.1, -0.05) is 36.7 Å². The first-order valence-corrected chi connectivity index (χ1v) is 4.79. The first-order chi connectivity index (χ1) is 4.11. The van der Waals surface area contributed by atoms with E-state index in [0.717, 1.165) is 11.8 Å². The molecule has 1 saturated carbocycles. The first kappa shape index (κ1) is 7.59. The SMILES string of the molecule is CC1CC(C)C1(C)CBr. The summed E-state index contributed by atoms with van der Waals surface area (Å²) in [6.45, 7) is 7.07. The van der Waals surface area contributed by atoms with Crippen LogP contribution < -0.4 is 0 Å². The van der Waals surface area contributed by atoms with Gasteiger partial charge in [0, 0.05) is 5.33 Å². The highest BCUT2D eigenvalue weighted by Gasteiger charge is 2.45. The molecule has 0 aliphatic heterocycles. The second-order valence-corrected chi connectivity index (χ2v) is 4.24. The number of halogens is 1. The van der Waals surface area contributed by atoms with Crippen LogP contribution in [0.2, 0.25) is 0 Å². The summed E-state index contributed by atoms with van der Waals surface area (Å²) >= 11 is 3.56. The zero-order valence-corrected chi connectivity index (χ0v) is 8.03. The summed E-state index contributed by atoms with van der Waals surface area (Å²) in [4.78, 5) is 0. The van der Waals surface area contributed by atoms with Crippen LogP contribution in [0, 0.1) is 17.3 Å². The third-order valence-corrected chi connectivity index (χ3v) is 4.45. The van der Waals surface area contributed by atoms with Crippen molar-refractivity contribution in [3.63, 3.8) is 0 Å². The predicted octanol–water partition coefficient (Wildman–Crippen LogP) is 3.06. The van der Waals surface area contributed by atoms with Gasteiger partial charge < -0.3 is 0 Å². The standard InChI is InChI=1S/C8H15Br/c1-6-4-7(2)8(6,3)5-9/h6-7H,4-5H2,1-3H3. The van der Waals surface area contributed by atoms with Crippen LogP contribution in [0.4, 0.5) is 0 Å². The molecule has 0 radical (unpaired) electrons. The third-order valence-electron chi connectivity index (χ3n) is 3.25. The normalized spacial score (nSPS) is 50.7. The van der Waals surface area contributed by atoms with E-state index < -0.39 is 0 Å². The Labute approximate surface area is 66.2 Å². The van der Waals surface area contributed by atoms with E-state index in [1.165, 1.54) is 11.8 Å². The van der Waals surface area contributed by atoms with Gasteiger partial charge in [0.25, 0.3) is 0 Å². The van der Waals surface area contributed by atoms with Crippen LogP contribution in [0.25, 0.3) is 0 Å². The fraction of sp³-hybridized carbons (Fsp3) is 1.00. The Morgan fingerprint density at radius 1 is 1.44 bits per heavy atom. The quantitative estimate of drug-likeness (QED) is 0.558. The van der Waals surface area contributed by atoms with Crippen LogP contribution in [-0.2, 0) is 0 Å². The summed E-state index contributed by atoms with van der Waals surface area (Å²) < 4.78 is 0. The highest BCUT2D eigenvalue weighted by atomic mass is 79.9. The van der Waals surface area contributed by atoms with Gasteiger partial charge in [0.2, 0.25) is 0 Å². The van der Waals surface area contributed by atoms with Gasteiger partial charge in [-0.3, -0.25) is 0 Å². The maximum absolute atomic E-state index is 3.56. The van der Waals surface area contributed by atoms with Crippen molar-refractivity contribution >= 4 is 15.9 Å². The monoisotopic (exact) mass is 190 g/mol. The van der Waals surface area contributed by atoms with Crippen LogP contribution in [0.5, 0.6) is 0 Å². The second-order valence-electron chi connectivity index (χ2n) is 3.68. The molecule has 1 aliphatic carbocycles. The molecule has 1 rings (SSSR count). The lowest BCUT2D eigenvalue weighted by atomic mass is 9.56. The van der Waals surface area contributed by atoms with Gasteiger partial charge in [-0.2, -0.15) is 0 Å². The van der Waals surface area contributed by atoms with Crippen molar-refractivity contribution in [1.29, 1.82) is 0 Å².